The highest BCUT2D eigenvalue weighted by Crippen LogP contribution is 2.37. The summed E-state index contributed by atoms with van der Waals surface area (Å²) in [7, 11) is 2.10. The summed E-state index contributed by atoms with van der Waals surface area (Å²) < 4.78 is 2.10. The minimum Gasteiger partial charge on any atom is -0.356 e. The van der Waals surface area contributed by atoms with Gasteiger partial charge in [-0.1, -0.05) is 6.92 Å². The predicted molar refractivity (Wildman–Crippen MR) is 83.0 cm³/mol. The molecule has 0 aliphatic heterocycles. The molecule has 112 valence electrons. The van der Waals surface area contributed by atoms with E-state index >= 15 is 0 Å². The van der Waals surface area contributed by atoms with Crippen molar-refractivity contribution in [1.29, 1.82) is 0 Å². The average Bonchev–Trinajstić information content (AvgIpc) is 3.30. The highest BCUT2D eigenvalue weighted by Gasteiger charge is 2.31. The Hall–Kier alpha value is -1.03. The van der Waals surface area contributed by atoms with Crippen molar-refractivity contribution >= 4 is 5.82 Å². The first-order valence-electron chi connectivity index (χ1n) is 8.17. The number of rotatable bonds is 8. The van der Waals surface area contributed by atoms with E-state index < -0.39 is 0 Å². The van der Waals surface area contributed by atoms with E-state index in [0.29, 0.717) is 0 Å². The van der Waals surface area contributed by atoms with Crippen LogP contribution >= 0.6 is 0 Å². The molecule has 1 aromatic rings. The molecule has 2 fully saturated rings. The Morgan fingerprint density at radius 2 is 1.80 bits per heavy atom. The third kappa shape index (κ3) is 3.17. The van der Waals surface area contributed by atoms with E-state index in [9.17, 15) is 0 Å². The van der Waals surface area contributed by atoms with Crippen molar-refractivity contribution < 1.29 is 0 Å². The molecule has 0 atom stereocenters. The van der Waals surface area contributed by atoms with Gasteiger partial charge in [0.2, 0.25) is 0 Å². The minimum atomic E-state index is 0.927. The summed E-state index contributed by atoms with van der Waals surface area (Å²) in [5.41, 5.74) is 2.58. The molecular weight excluding hydrogens is 248 g/mol. The highest BCUT2D eigenvalue weighted by atomic mass is 15.4. The summed E-state index contributed by atoms with van der Waals surface area (Å²) in [6.07, 6.45) is 5.67. The van der Waals surface area contributed by atoms with Gasteiger partial charge in [-0.05, 0) is 51.0 Å². The first-order valence-corrected chi connectivity index (χ1v) is 8.17. The molecule has 2 aliphatic rings. The molecule has 0 aromatic carbocycles. The molecule has 20 heavy (non-hydrogen) atoms. The first-order chi connectivity index (χ1) is 9.69. The maximum atomic E-state index is 4.68. The Balaban J connectivity index is 1.82. The number of hydrogen-bond donors (Lipinski definition) is 1. The van der Waals surface area contributed by atoms with Crippen LogP contribution in [0.1, 0.15) is 43.9 Å². The Bertz CT molecular complexity index is 443. The topological polar surface area (TPSA) is 33.1 Å². The van der Waals surface area contributed by atoms with Gasteiger partial charge in [0.1, 0.15) is 5.82 Å². The van der Waals surface area contributed by atoms with Gasteiger partial charge in [-0.25, -0.2) is 0 Å². The lowest BCUT2D eigenvalue weighted by Crippen LogP contribution is -2.31. The second-order valence-electron chi connectivity index (χ2n) is 6.58. The maximum absolute atomic E-state index is 4.68. The van der Waals surface area contributed by atoms with Crippen LogP contribution in [-0.4, -0.2) is 29.4 Å². The zero-order valence-corrected chi connectivity index (χ0v) is 13.2. The quantitative estimate of drug-likeness (QED) is 0.792. The Morgan fingerprint density at radius 3 is 2.30 bits per heavy atom. The molecule has 2 saturated carbocycles. The van der Waals surface area contributed by atoms with Gasteiger partial charge in [-0.3, -0.25) is 4.68 Å². The fourth-order valence-corrected chi connectivity index (χ4v) is 3.01. The molecule has 0 unspecified atom stereocenters. The van der Waals surface area contributed by atoms with Crippen LogP contribution in [0.15, 0.2) is 0 Å². The van der Waals surface area contributed by atoms with Crippen LogP contribution in [0, 0.1) is 18.8 Å². The van der Waals surface area contributed by atoms with Crippen LogP contribution < -0.4 is 10.2 Å². The van der Waals surface area contributed by atoms with Crippen LogP contribution in [0.3, 0.4) is 0 Å². The van der Waals surface area contributed by atoms with E-state index in [-0.39, 0.29) is 0 Å². The standard InChI is InChI=1S/C16H28N4/c1-4-17-9-15-12(2)18-19(3)16(15)20(10-13-5-6-13)11-14-7-8-14/h13-14,17H,4-11H2,1-3H3. The maximum Gasteiger partial charge on any atom is 0.131 e. The van der Waals surface area contributed by atoms with Gasteiger partial charge in [0.15, 0.2) is 0 Å². The predicted octanol–water partition coefficient (Wildman–Crippen LogP) is 2.46. The van der Waals surface area contributed by atoms with Crippen LogP contribution in [0.25, 0.3) is 0 Å². The molecule has 0 saturated heterocycles. The summed E-state index contributed by atoms with van der Waals surface area (Å²) in [5.74, 6) is 3.22. The number of nitrogens with one attached hydrogen (secondary N) is 1. The van der Waals surface area contributed by atoms with Crippen molar-refractivity contribution in [2.45, 2.75) is 46.1 Å². The summed E-state index contributed by atoms with van der Waals surface area (Å²) in [5, 5.41) is 8.15. The normalized spacial score (nSPS) is 18.6. The van der Waals surface area contributed by atoms with E-state index in [1.807, 2.05) is 0 Å². The van der Waals surface area contributed by atoms with Gasteiger partial charge in [0.05, 0.1) is 5.69 Å². The molecule has 0 spiro atoms. The molecule has 4 nitrogen and oxygen atoms in total. The molecule has 0 radical (unpaired) electrons. The van der Waals surface area contributed by atoms with Gasteiger partial charge in [0.25, 0.3) is 0 Å². The SMILES string of the molecule is CCNCc1c(C)nn(C)c1N(CC1CC1)CC1CC1. The smallest absolute Gasteiger partial charge is 0.131 e. The molecule has 1 heterocycles. The van der Waals surface area contributed by atoms with Gasteiger partial charge < -0.3 is 10.2 Å². The van der Waals surface area contributed by atoms with E-state index in [1.165, 1.54) is 55.8 Å². The molecule has 2 aliphatic carbocycles. The summed E-state index contributed by atoms with van der Waals surface area (Å²) >= 11 is 0. The molecular formula is C16H28N4. The van der Waals surface area contributed by atoms with Gasteiger partial charge >= 0.3 is 0 Å². The summed E-state index contributed by atoms with van der Waals surface area (Å²) in [4.78, 5) is 2.63. The van der Waals surface area contributed by atoms with Crippen molar-refractivity contribution in [3.8, 4) is 0 Å². The number of aromatic nitrogens is 2. The molecule has 4 heteroatoms. The van der Waals surface area contributed by atoms with Crippen LogP contribution in [0.5, 0.6) is 0 Å². The second-order valence-corrected chi connectivity index (χ2v) is 6.58. The molecule has 0 bridgehead atoms. The van der Waals surface area contributed by atoms with E-state index in [1.54, 1.807) is 0 Å². The monoisotopic (exact) mass is 276 g/mol. The fourth-order valence-electron chi connectivity index (χ4n) is 3.01. The van der Waals surface area contributed by atoms with Crippen molar-refractivity contribution in [3.63, 3.8) is 0 Å². The Kier molecular flexibility index (Phi) is 4.01. The average molecular weight is 276 g/mol. The van der Waals surface area contributed by atoms with Crippen molar-refractivity contribution in [3.05, 3.63) is 11.3 Å². The van der Waals surface area contributed by atoms with Crippen LogP contribution in [0.4, 0.5) is 5.82 Å². The lowest BCUT2D eigenvalue weighted by molar-refractivity contribution is 0.633. The number of nitrogens with zero attached hydrogens (tertiary/aromatic N) is 3. The second kappa shape index (κ2) is 5.76. The summed E-state index contributed by atoms with van der Waals surface area (Å²) in [6.45, 7) is 8.72. The molecule has 0 amide bonds. The number of hydrogen-bond acceptors (Lipinski definition) is 3. The van der Waals surface area contributed by atoms with E-state index in [2.05, 4.69) is 40.9 Å². The van der Waals surface area contributed by atoms with E-state index in [4.69, 9.17) is 0 Å². The zero-order chi connectivity index (χ0) is 14.1. The van der Waals surface area contributed by atoms with Crippen molar-refractivity contribution in [2.75, 3.05) is 24.5 Å². The largest absolute Gasteiger partial charge is 0.356 e. The number of aryl methyl sites for hydroxylation is 2. The van der Waals surface area contributed by atoms with Crippen molar-refractivity contribution in [2.24, 2.45) is 18.9 Å². The Morgan fingerprint density at radius 1 is 1.20 bits per heavy atom. The zero-order valence-electron chi connectivity index (χ0n) is 13.2. The van der Waals surface area contributed by atoms with E-state index in [0.717, 1.165) is 24.9 Å². The third-order valence-electron chi connectivity index (χ3n) is 4.52. The van der Waals surface area contributed by atoms with Gasteiger partial charge in [0, 0.05) is 32.2 Å². The summed E-state index contributed by atoms with van der Waals surface area (Å²) in [6, 6.07) is 0. The molecule has 1 aromatic heterocycles. The first kappa shape index (κ1) is 13.9. The third-order valence-corrected chi connectivity index (χ3v) is 4.52. The number of anilines is 1. The Labute approximate surface area is 122 Å². The van der Waals surface area contributed by atoms with Gasteiger partial charge in [-0.2, -0.15) is 5.10 Å². The molecule has 1 N–H and O–H groups in total. The highest BCUT2D eigenvalue weighted by molar-refractivity contribution is 5.50. The lowest BCUT2D eigenvalue weighted by Gasteiger charge is -2.26. The van der Waals surface area contributed by atoms with Crippen LogP contribution in [-0.2, 0) is 13.6 Å². The fraction of sp³-hybridized carbons (Fsp3) is 0.812. The van der Waals surface area contributed by atoms with Crippen molar-refractivity contribution in [1.82, 2.24) is 15.1 Å². The molecule has 3 rings (SSSR count). The van der Waals surface area contributed by atoms with Crippen LogP contribution in [0.2, 0.25) is 0 Å². The lowest BCUT2D eigenvalue weighted by atomic mass is 10.2. The van der Waals surface area contributed by atoms with Gasteiger partial charge in [-0.15, -0.1) is 0 Å². The minimum absolute atomic E-state index is 0.927.